The molecule has 0 bridgehead atoms. The Morgan fingerprint density at radius 3 is 2.18 bits per heavy atom. The third kappa shape index (κ3) is 1.69. The molecular weight excluding hydrogens is 225 g/mol. The summed E-state index contributed by atoms with van der Waals surface area (Å²) in [5, 5.41) is 9.04. The highest BCUT2D eigenvalue weighted by atomic mass is 79.9. The smallest absolute Gasteiger partial charge is 0.380 e. The third-order valence-electron chi connectivity index (χ3n) is 1.96. The maximum atomic E-state index is 12.0. The van der Waals surface area contributed by atoms with Crippen molar-refractivity contribution in [3.05, 3.63) is 0 Å². The van der Waals surface area contributed by atoms with Crippen LogP contribution in [0.1, 0.15) is 19.3 Å². The van der Waals surface area contributed by atoms with E-state index in [-0.39, 0.29) is 17.7 Å². The van der Waals surface area contributed by atoms with E-state index in [9.17, 15) is 13.2 Å². The molecule has 0 aromatic rings. The van der Waals surface area contributed by atoms with Crippen molar-refractivity contribution in [2.24, 2.45) is 0 Å². The first-order chi connectivity index (χ1) is 4.85. The summed E-state index contributed by atoms with van der Waals surface area (Å²) in [5.74, 6) is 0. The van der Waals surface area contributed by atoms with Crippen molar-refractivity contribution in [1.82, 2.24) is 0 Å². The zero-order valence-electron chi connectivity index (χ0n) is 5.66. The van der Waals surface area contributed by atoms with Crippen molar-refractivity contribution >= 4 is 15.9 Å². The lowest BCUT2D eigenvalue weighted by atomic mass is 10.0. The van der Waals surface area contributed by atoms with E-state index in [4.69, 9.17) is 5.11 Å². The number of rotatable bonds is 0. The second-order valence-corrected chi connectivity index (χ2v) is 4.16. The topological polar surface area (TPSA) is 20.2 Å². The number of halogens is 4. The molecule has 0 aliphatic heterocycles. The predicted molar refractivity (Wildman–Crippen MR) is 37.6 cm³/mol. The molecule has 66 valence electrons. The fraction of sp³-hybridized carbons (Fsp3) is 1.00. The molecule has 1 N–H and O–H groups in total. The average Bonchev–Trinajstić information content (AvgIpc) is 2.10. The van der Waals surface area contributed by atoms with E-state index in [0.717, 1.165) is 0 Å². The largest absolute Gasteiger partial charge is 0.417 e. The van der Waals surface area contributed by atoms with E-state index < -0.39 is 11.8 Å². The minimum absolute atomic E-state index is 0.188. The van der Waals surface area contributed by atoms with E-state index >= 15 is 0 Å². The van der Waals surface area contributed by atoms with Crippen molar-refractivity contribution in [1.29, 1.82) is 0 Å². The molecular formula is C6H8BrF3O. The number of hydrogen-bond donors (Lipinski definition) is 1. The van der Waals surface area contributed by atoms with Gasteiger partial charge in [0.15, 0.2) is 5.60 Å². The van der Waals surface area contributed by atoms with Crippen LogP contribution in [-0.4, -0.2) is 21.7 Å². The summed E-state index contributed by atoms with van der Waals surface area (Å²) in [6.07, 6.45) is -4.51. The molecule has 0 aromatic heterocycles. The lowest BCUT2D eigenvalue weighted by Crippen LogP contribution is -2.42. The Bertz CT molecular complexity index is 158. The van der Waals surface area contributed by atoms with Crippen molar-refractivity contribution in [3.8, 4) is 0 Å². The Morgan fingerprint density at radius 1 is 1.45 bits per heavy atom. The monoisotopic (exact) mass is 232 g/mol. The minimum atomic E-state index is -4.48. The maximum Gasteiger partial charge on any atom is 0.417 e. The number of aliphatic hydroxyl groups is 1. The first-order valence-electron chi connectivity index (χ1n) is 3.28. The van der Waals surface area contributed by atoms with Crippen molar-refractivity contribution < 1.29 is 18.3 Å². The second kappa shape index (κ2) is 2.62. The molecule has 0 aromatic carbocycles. The number of alkyl halides is 4. The van der Waals surface area contributed by atoms with Gasteiger partial charge in [0, 0.05) is 4.83 Å². The van der Waals surface area contributed by atoms with E-state index in [1.165, 1.54) is 0 Å². The summed E-state index contributed by atoms with van der Waals surface area (Å²) in [4.78, 5) is -0.200. The van der Waals surface area contributed by atoms with Crippen LogP contribution in [0.5, 0.6) is 0 Å². The van der Waals surface area contributed by atoms with E-state index in [1.54, 1.807) is 0 Å². The summed E-state index contributed by atoms with van der Waals surface area (Å²) in [6.45, 7) is 0. The predicted octanol–water partition coefficient (Wildman–Crippen LogP) is 2.23. The van der Waals surface area contributed by atoms with Gasteiger partial charge < -0.3 is 5.11 Å². The Hall–Kier alpha value is 0.230. The molecule has 1 nitrogen and oxygen atoms in total. The highest BCUT2D eigenvalue weighted by Crippen LogP contribution is 2.44. The van der Waals surface area contributed by atoms with E-state index in [2.05, 4.69) is 15.9 Å². The normalized spacial score (nSPS) is 39.5. The van der Waals surface area contributed by atoms with Gasteiger partial charge in [-0.05, 0) is 19.3 Å². The minimum Gasteiger partial charge on any atom is -0.380 e. The Balaban J connectivity index is 2.69. The summed E-state index contributed by atoms with van der Waals surface area (Å²) >= 11 is 3.05. The quantitative estimate of drug-likeness (QED) is 0.636. The van der Waals surface area contributed by atoms with Gasteiger partial charge in [-0.2, -0.15) is 13.2 Å². The second-order valence-electron chi connectivity index (χ2n) is 2.87. The fourth-order valence-corrected chi connectivity index (χ4v) is 1.99. The molecule has 5 heteroatoms. The Labute approximate surface area is 70.7 Å². The first-order valence-corrected chi connectivity index (χ1v) is 4.20. The SMILES string of the molecule is OC1(C(F)(F)F)CCC(Br)C1. The third-order valence-corrected chi connectivity index (χ3v) is 2.74. The molecule has 1 aliphatic carbocycles. The lowest BCUT2D eigenvalue weighted by molar-refractivity contribution is -0.256. The average molecular weight is 233 g/mol. The van der Waals surface area contributed by atoms with Crippen LogP contribution in [0.2, 0.25) is 0 Å². The van der Waals surface area contributed by atoms with Crippen LogP contribution in [0.3, 0.4) is 0 Å². The van der Waals surface area contributed by atoms with Crippen LogP contribution in [0.15, 0.2) is 0 Å². The van der Waals surface area contributed by atoms with Crippen LogP contribution >= 0.6 is 15.9 Å². The molecule has 11 heavy (non-hydrogen) atoms. The van der Waals surface area contributed by atoms with Gasteiger partial charge in [-0.3, -0.25) is 0 Å². The lowest BCUT2D eigenvalue weighted by Gasteiger charge is -2.25. The van der Waals surface area contributed by atoms with Gasteiger partial charge in [0.2, 0.25) is 0 Å². The molecule has 2 atom stereocenters. The van der Waals surface area contributed by atoms with Crippen molar-refractivity contribution in [2.45, 2.75) is 35.9 Å². The molecule has 1 saturated carbocycles. The summed E-state index contributed by atoms with van der Waals surface area (Å²) in [7, 11) is 0. The molecule has 0 heterocycles. The standard InChI is InChI=1S/C6H8BrF3O/c7-4-1-2-5(11,3-4)6(8,9)10/h4,11H,1-3H2. The summed E-state index contributed by atoms with van der Waals surface area (Å²) in [5.41, 5.74) is -2.44. The van der Waals surface area contributed by atoms with E-state index in [0.29, 0.717) is 6.42 Å². The van der Waals surface area contributed by atoms with Gasteiger partial charge in [-0.15, -0.1) is 0 Å². The Kier molecular flexibility index (Phi) is 2.22. The highest BCUT2D eigenvalue weighted by Gasteiger charge is 2.56. The molecule has 1 fully saturated rings. The maximum absolute atomic E-state index is 12.0. The van der Waals surface area contributed by atoms with Crippen molar-refractivity contribution in [2.75, 3.05) is 0 Å². The van der Waals surface area contributed by atoms with Gasteiger partial charge in [0.05, 0.1) is 0 Å². The molecule has 0 amide bonds. The zero-order chi connectivity index (χ0) is 8.70. The number of hydrogen-bond acceptors (Lipinski definition) is 1. The molecule has 1 aliphatic rings. The molecule has 0 saturated heterocycles. The van der Waals surface area contributed by atoms with Crippen LogP contribution in [0, 0.1) is 0 Å². The van der Waals surface area contributed by atoms with Crippen LogP contribution in [-0.2, 0) is 0 Å². The van der Waals surface area contributed by atoms with Gasteiger partial charge in [-0.25, -0.2) is 0 Å². The summed E-state index contributed by atoms with van der Waals surface area (Å²) in [6, 6.07) is 0. The Morgan fingerprint density at radius 2 is 2.00 bits per heavy atom. The zero-order valence-corrected chi connectivity index (χ0v) is 7.24. The fourth-order valence-electron chi connectivity index (χ4n) is 1.22. The van der Waals surface area contributed by atoms with Gasteiger partial charge >= 0.3 is 6.18 Å². The first kappa shape index (κ1) is 9.32. The van der Waals surface area contributed by atoms with Gasteiger partial charge in [0.25, 0.3) is 0 Å². The summed E-state index contributed by atoms with van der Waals surface area (Å²) < 4.78 is 36.1. The molecule has 1 rings (SSSR count). The molecule has 0 spiro atoms. The van der Waals surface area contributed by atoms with Crippen LogP contribution in [0.4, 0.5) is 13.2 Å². The molecule has 0 radical (unpaired) electrons. The highest BCUT2D eigenvalue weighted by molar-refractivity contribution is 9.09. The van der Waals surface area contributed by atoms with Gasteiger partial charge in [0.1, 0.15) is 0 Å². The molecule has 2 unspecified atom stereocenters. The van der Waals surface area contributed by atoms with Crippen molar-refractivity contribution in [3.63, 3.8) is 0 Å². The van der Waals surface area contributed by atoms with E-state index in [1.807, 2.05) is 0 Å². The van der Waals surface area contributed by atoms with Gasteiger partial charge in [-0.1, -0.05) is 15.9 Å². The van der Waals surface area contributed by atoms with Crippen LogP contribution in [0.25, 0.3) is 0 Å². The van der Waals surface area contributed by atoms with Crippen LogP contribution < -0.4 is 0 Å².